The molecule has 0 rings (SSSR count). The maximum absolute atomic E-state index is 5.32. The summed E-state index contributed by atoms with van der Waals surface area (Å²) in [6, 6.07) is 0. The first-order valence-electron chi connectivity index (χ1n) is 7.63. The normalized spacial score (nSPS) is 10.0. The Labute approximate surface area is 114 Å². The van der Waals surface area contributed by atoms with Crippen molar-refractivity contribution in [3.8, 4) is 0 Å². The van der Waals surface area contributed by atoms with Gasteiger partial charge >= 0.3 is 0 Å². The zero-order chi connectivity index (χ0) is 13.9. The number of nitrogens with two attached hydrogens (primary N) is 4. The highest BCUT2D eigenvalue weighted by Crippen LogP contribution is 2.00. The van der Waals surface area contributed by atoms with Crippen LogP contribution in [-0.2, 0) is 0 Å². The Hall–Kier alpha value is -0.160. The highest BCUT2D eigenvalue weighted by Gasteiger charge is 1.86. The molecule has 112 valence electrons. The van der Waals surface area contributed by atoms with Gasteiger partial charge in [0.05, 0.1) is 0 Å². The maximum atomic E-state index is 5.32. The SMILES string of the molecule is NCCCCCCCN.NCCCCCCCN. The van der Waals surface area contributed by atoms with Crippen LogP contribution in [0.5, 0.6) is 0 Å². The van der Waals surface area contributed by atoms with Crippen LogP contribution in [0.1, 0.15) is 64.2 Å². The quantitative estimate of drug-likeness (QED) is 0.401. The third kappa shape index (κ3) is 24.9. The zero-order valence-electron chi connectivity index (χ0n) is 12.2. The minimum absolute atomic E-state index is 0.836. The second kappa shape index (κ2) is 22.1. The monoisotopic (exact) mass is 260 g/mol. The van der Waals surface area contributed by atoms with Crippen LogP contribution in [0.25, 0.3) is 0 Å². The van der Waals surface area contributed by atoms with Gasteiger partial charge in [0.2, 0.25) is 0 Å². The molecule has 0 bridgehead atoms. The van der Waals surface area contributed by atoms with Crippen LogP contribution >= 0.6 is 0 Å². The molecule has 0 atom stereocenters. The van der Waals surface area contributed by atoms with Crippen LogP contribution in [-0.4, -0.2) is 26.2 Å². The van der Waals surface area contributed by atoms with E-state index in [1.54, 1.807) is 0 Å². The van der Waals surface area contributed by atoms with E-state index in [-0.39, 0.29) is 0 Å². The summed E-state index contributed by atoms with van der Waals surface area (Å²) in [6.07, 6.45) is 12.4. The predicted octanol–water partition coefficient (Wildman–Crippen LogP) is 1.71. The van der Waals surface area contributed by atoms with Gasteiger partial charge in [0, 0.05) is 0 Å². The Morgan fingerprint density at radius 2 is 0.444 bits per heavy atom. The Morgan fingerprint density at radius 3 is 0.611 bits per heavy atom. The molecule has 0 fully saturated rings. The Kier molecular flexibility index (Phi) is 24.7. The van der Waals surface area contributed by atoms with E-state index in [2.05, 4.69) is 0 Å². The van der Waals surface area contributed by atoms with Gasteiger partial charge in [-0.1, -0.05) is 38.5 Å². The van der Waals surface area contributed by atoms with E-state index in [9.17, 15) is 0 Å². The lowest BCUT2D eigenvalue weighted by atomic mass is 10.1. The second-order valence-electron chi connectivity index (χ2n) is 4.69. The Morgan fingerprint density at radius 1 is 0.278 bits per heavy atom. The van der Waals surface area contributed by atoms with E-state index < -0.39 is 0 Å². The van der Waals surface area contributed by atoms with E-state index >= 15 is 0 Å². The average Bonchev–Trinajstić information content (AvgIpc) is 2.39. The summed E-state index contributed by atoms with van der Waals surface area (Å²) in [5.74, 6) is 0. The first-order valence-corrected chi connectivity index (χ1v) is 7.63. The van der Waals surface area contributed by atoms with Gasteiger partial charge < -0.3 is 22.9 Å². The van der Waals surface area contributed by atoms with Crippen LogP contribution in [0.3, 0.4) is 0 Å². The maximum Gasteiger partial charge on any atom is -0.00773 e. The summed E-state index contributed by atoms with van der Waals surface area (Å²) >= 11 is 0. The molecule has 0 aliphatic rings. The fourth-order valence-electron chi connectivity index (χ4n) is 1.64. The smallest absolute Gasteiger partial charge is 0.00773 e. The van der Waals surface area contributed by atoms with E-state index in [0.29, 0.717) is 0 Å². The molecule has 8 N–H and O–H groups in total. The first kappa shape index (κ1) is 20.2. The molecule has 0 aromatic heterocycles. The van der Waals surface area contributed by atoms with Crippen molar-refractivity contribution in [2.24, 2.45) is 22.9 Å². The molecule has 4 nitrogen and oxygen atoms in total. The molecule has 0 heterocycles. The van der Waals surface area contributed by atoms with Crippen molar-refractivity contribution >= 4 is 0 Å². The predicted molar refractivity (Wildman–Crippen MR) is 82.4 cm³/mol. The third-order valence-electron chi connectivity index (χ3n) is 2.82. The lowest BCUT2D eigenvalue weighted by Gasteiger charge is -1.96. The molecule has 0 saturated carbocycles. The molecule has 0 spiro atoms. The molecule has 0 amide bonds. The standard InChI is InChI=1S/2C7H18N2/c2*8-6-4-2-1-3-5-7-9/h2*1-9H2. The lowest BCUT2D eigenvalue weighted by molar-refractivity contribution is 0.623. The highest BCUT2D eigenvalue weighted by atomic mass is 14.5. The first-order chi connectivity index (χ1) is 8.83. The van der Waals surface area contributed by atoms with Gasteiger partial charge in [0.25, 0.3) is 0 Å². The van der Waals surface area contributed by atoms with Crippen molar-refractivity contribution in [2.75, 3.05) is 26.2 Å². The fraction of sp³-hybridized carbons (Fsp3) is 1.00. The van der Waals surface area contributed by atoms with Gasteiger partial charge in [-0.05, 0) is 51.9 Å². The molecule has 0 aromatic rings. The summed E-state index contributed by atoms with van der Waals surface area (Å²) in [6.45, 7) is 3.34. The Balaban J connectivity index is 0. The molecule has 18 heavy (non-hydrogen) atoms. The van der Waals surface area contributed by atoms with Gasteiger partial charge in [0.1, 0.15) is 0 Å². The molecule has 0 unspecified atom stereocenters. The molecule has 0 saturated heterocycles. The number of hydrogen-bond acceptors (Lipinski definition) is 4. The lowest BCUT2D eigenvalue weighted by Crippen LogP contribution is -1.99. The molecular formula is C14H36N4. The molecule has 0 aromatic carbocycles. The summed E-state index contributed by atoms with van der Waals surface area (Å²) in [5, 5.41) is 0. The van der Waals surface area contributed by atoms with Crippen LogP contribution in [0, 0.1) is 0 Å². The third-order valence-corrected chi connectivity index (χ3v) is 2.82. The Bertz CT molecular complexity index is 94.4. The largest absolute Gasteiger partial charge is 0.330 e. The number of rotatable bonds is 12. The summed E-state index contributed by atoms with van der Waals surface area (Å²) in [5.41, 5.74) is 21.3. The van der Waals surface area contributed by atoms with Gasteiger partial charge in [-0.15, -0.1) is 0 Å². The number of unbranched alkanes of at least 4 members (excludes halogenated alkanes) is 8. The van der Waals surface area contributed by atoms with E-state index in [4.69, 9.17) is 22.9 Å². The van der Waals surface area contributed by atoms with Gasteiger partial charge in [-0.2, -0.15) is 0 Å². The average molecular weight is 260 g/mol. The van der Waals surface area contributed by atoms with Gasteiger partial charge in [-0.3, -0.25) is 0 Å². The minimum Gasteiger partial charge on any atom is -0.330 e. The van der Waals surface area contributed by atoms with Crippen LogP contribution in [0.4, 0.5) is 0 Å². The van der Waals surface area contributed by atoms with Crippen molar-refractivity contribution < 1.29 is 0 Å². The van der Waals surface area contributed by atoms with Crippen molar-refractivity contribution in [3.05, 3.63) is 0 Å². The van der Waals surface area contributed by atoms with Gasteiger partial charge in [0.15, 0.2) is 0 Å². The minimum atomic E-state index is 0.836. The highest BCUT2D eigenvalue weighted by molar-refractivity contribution is 4.45. The van der Waals surface area contributed by atoms with Crippen molar-refractivity contribution in [1.29, 1.82) is 0 Å². The molecule has 0 aliphatic heterocycles. The summed E-state index contributed by atoms with van der Waals surface area (Å²) in [4.78, 5) is 0. The van der Waals surface area contributed by atoms with Crippen LogP contribution < -0.4 is 22.9 Å². The molecular weight excluding hydrogens is 224 g/mol. The van der Waals surface area contributed by atoms with Crippen molar-refractivity contribution in [2.45, 2.75) is 64.2 Å². The van der Waals surface area contributed by atoms with E-state index in [0.717, 1.165) is 26.2 Å². The van der Waals surface area contributed by atoms with Crippen LogP contribution in [0.15, 0.2) is 0 Å². The molecule has 4 heteroatoms. The summed E-state index contributed by atoms with van der Waals surface area (Å²) < 4.78 is 0. The van der Waals surface area contributed by atoms with Gasteiger partial charge in [-0.25, -0.2) is 0 Å². The van der Waals surface area contributed by atoms with Crippen LogP contribution in [0.2, 0.25) is 0 Å². The fourth-order valence-corrected chi connectivity index (χ4v) is 1.64. The topological polar surface area (TPSA) is 104 Å². The second-order valence-corrected chi connectivity index (χ2v) is 4.69. The molecule has 0 aliphatic carbocycles. The van der Waals surface area contributed by atoms with E-state index in [1.807, 2.05) is 0 Å². The van der Waals surface area contributed by atoms with E-state index in [1.165, 1.54) is 64.2 Å². The van der Waals surface area contributed by atoms with Crippen molar-refractivity contribution in [3.63, 3.8) is 0 Å². The molecule has 0 radical (unpaired) electrons. The summed E-state index contributed by atoms with van der Waals surface area (Å²) in [7, 11) is 0. The van der Waals surface area contributed by atoms with Crippen molar-refractivity contribution in [1.82, 2.24) is 0 Å². The number of hydrogen-bond donors (Lipinski definition) is 4. The zero-order valence-corrected chi connectivity index (χ0v) is 12.2.